The fourth-order valence-electron chi connectivity index (χ4n) is 2.22. The van der Waals surface area contributed by atoms with Crippen LogP contribution in [0.5, 0.6) is 5.75 Å². The second-order valence-corrected chi connectivity index (χ2v) is 4.65. The Morgan fingerprint density at radius 1 is 1.05 bits per heavy atom. The Kier molecular flexibility index (Phi) is 4.23. The number of rotatable bonds is 4. The van der Waals surface area contributed by atoms with E-state index in [1.54, 1.807) is 38.1 Å². The molecule has 0 saturated heterocycles. The van der Waals surface area contributed by atoms with Gasteiger partial charge in [0.1, 0.15) is 17.4 Å². The molecule has 0 bridgehead atoms. The van der Waals surface area contributed by atoms with Crippen LogP contribution in [0.4, 0.5) is 14.5 Å². The fraction of sp³-hybridized carbons (Fsp3) is 0.250. The SMILES string of the molecule is COc1cccc(F)c1C(C)Nc1c(C)cccc1F. The summed E-state index contributed by atoms with van der Waals surface area (Å²) >= 11 is 0. The molecule has 1 atom stereocenters. The number of para-hydroxylation sites is 1. The minimum absolute atomic E-state index is 0.354. The molecule has 0 aliphatic rings. The molecular weight excluding hydrogens is 260 g/mol. The van der Waals surface area contributed by atoms with E-state index < -0.39 is 6.04 Å². The highest BCUT2D eigenvalue weighted by atomic mass is 19.1. The van der Waals surface area contributed by atoms with Crippen LogP contribution in [-0.2, 0) is 0 Å². The third-order valence-corrected chi connectivity index (χ3v) is 3.25. The molecule has 4 heteroatoms. The maximum absolute atomic E-state index is 14.0. The van der Waals surface area contributed by atoms with E-state index in [1.807, 2.05) is 0 Å². The van der Waals surface area contributed by atoms with Crippen LogP contribution in [0.3, 0.4) is 0 Å². The van der Waals surface area contributed by atoms with Crippen LogP contribution < -0.4 is 10.1 Å². The number of anilines is 1. The van der Waals surface area contributed by atoms with E-state index in [0.29, 0.717) is 17.0 Å². The van der Waals surface area contributed by atoms with Crippen molar-refractivity contribution in [2.45, 2.75) is 19.9 Å². The van der Waals surface area contributed by atoms with Crippen LogP contribution in [0.2, 0.25) is 0 Å². The zero-order valence-electron chi connectivity index (χ0n) is 11.7. The maximum Gasteiger partial charge on any atom is 0.146 e. The fourth-order valence-corrected chi connectivity index (χ4v) is 2.22. The highest BCUT2D eigenvalue weighted by Gasteiger charge is 2.18. The number of hydrogen-bond acceptors (Lipinski definition) is 2. The van der Waals surface area contributed by atoms with Gasteiger partial charge in [0.2, 0.25) is 0 Å². The molecule has 0 radical (unpaired) electrons. The predicted molar refractivity (Wildman–Crippen MR) is 76.1 cm³/mol. The van der Waals surface area contributed by atoms with Crippen molar-refractivity contribution in [1.82, 2.24) is 0 Å². The maximum atomic E-state index is 14.0. The first-order chi connectivity index (χ1) is 9.54. The third-order valence-electron chi connectivity index (χ3n) is 3.25. The molecule has 0 fully saturated rings. The number of nitrogens with one attached hydrogen (secondary N) is 1. The number of hydrogen-bond donors (Lipinski definition) is 1. The van der Waals surface area contributed by atoms with Gasteiger partial charge < -0.3 is 10.1 Å². The summed E-state index contributed by atoms with van der Waals surface area (Å²) in [6, 6.07) is 9.04. The van der Waals surface area contributed by atoms with Gasteiger partial charge in [-0.1, -0.05) is 18.2 Å². The summed E-state index contributed by atoms with van der Waals surface area (Å²) in [4.78, 5) is 0. The average molecular weight is 277 g/mol. The lowest BCUT2D eigenvalue weighted by molar-refractivity contribution is 0.402. The topological polar surface area (TPSA) is 21.3 Å². The van der Waals surface area contributed by atoms with Gasteiger partial charge >= 0.3 is 0 Å². The Balaban J connectivity index is 2.36. The van der Waals surface area contributed by atoms with E-state index >= 15 is 0 Å². The van der Waals surface area contributed by atoms with Gasteiger partial charge in [-0.05, 0) is 37.6 Å². The largest absolute Gasteiger partial charge is 0.496 e. The molecule has 1 unspecified atom stereocenters. The normalized spacial score (nSPS) is 12.1. The Bertz CT molecular complexity index is 593. The number of benzene rings is 2. The summed E-state index contributed by atoms with van der Waals surface area (Å²) in [5.74, 6) is -0.288. The lowest BCUT2D eigenvalue weighted by atomic mass is 10.0. The van der Waals surface area contributed by atoms with E-state index in [2.05, 4.69) is 5.32 Å². The second-order valence-electron chi connectivity index (χ2n) is 4.65. The van der Waals surface area contributed by atoms with Gasteiger partial charge in [0.05, 0.1) is 24.4 Å². The summed E-state index contributed by atoms with van der Waals surface area (Å²) in [5, 5.41) is 3.02. The molecule has 20 heavy (non-hydrogen) atoms. The van der Waals surface area contributed by atoms with Gasteiger partial charge in [-0.25, -0.2) is 8.78 Å². The van der Waals surface area contributed by atoms with Crippen molar-refractivity contribution in [2.24, 2.45) is 0 Å². The summed E-state index contributed by atoms with van der Waals surface area (Å²) in [7, 11) is 1.49. The van der Waals surface area contributed by atoms with Gasteiger partial charge in [0.25, 0.3) is 0 Å². The van der Waals surface area contributed by atoms with Crippen molar-refractivity contribution in [3.63, 3.8) is 0 Å². The van der Waals surface area contributed by atoms with E-state index in [4.69, 9.17) is 4.74 Å². The molecule has 2 aromatic rings. The highest BCUT2D eigenvalue weighted by molar-refractivity contribution is 5.54. The van der Waals surface area contributed by atoms with Gasteiger partial charge in [-0.2, -0.15) is 0 Å². The summed E-state index contributed by atoms with van der Waals surface area (Å²) in [6.07, 6.45) is 0. The third kappa shape index (κ3) is 2.74. The number of methoxy groups -OCH3 is 1. The van der Waals surface area contributed by atoms with Crippen molar-refractivity contribution in [1.29, 1.82) is 0 Å². The van der Waals surface area contributed by atoms with Gasteiger partial charge in [0, 0.05) is 0 Å². The molecule has 0 spiro atoms. The summed E-state index contributed by atoms with van der Waals surface area (Å²) in [5.41, 5.74) is 1.54. The van der Waals surface area contributed by atoms with Crippen molar-refractivity contribution < 1.29 is 13.5 Å². The molecule has 0 amide bonds. The average Bonchev–Trinajstić information content (AvgIpc) is 2.42. The Morgan fingerprint density at radius 2 is 1.70 bits per heavy atom. The van der Waals surface area contributed by atoms with Crippen LogP contribution >= 0.6 is 0 Å². The molecular formula is C16H17F2NO. The molecule has 0 heterocycles. The van der Waals surface area contributed by atoms with Crippen molar-refractivity contribution in [3.8, 4) is 5.75 Å². The Labute approximate surface area is 117 Å². The molecule has 2 rings (SSSR count). The molecule has 0 aliphatic heterocycles. The first kappa shape index (κ1) is 14.3. The minimum Gasteiger partial charge on any atom is -0.496 e. The van der Waals surface area contributed by atoms with Gasteiger partial charge in [-0.3, -0.25) is 0 Å². The Hall–Kier alpha value is -2.10. The molecule has 0 aliphatic carbocycles. The highest BCUT2D eigenvalue weighted by Crippen LogP contribution is 2.31. The quantitative estimate of drug-likeness (QED) is 0.891. The van der Waals surface area contributed by atoms with E-state index in [0.717, 1.165) is 5.56 Å². The van der Waals surface area contributed by atoms with Gasteiger partial charge in [-0.15, -0.1) is 0 Å². The standard InChI is InChI=1S/C16H17F2NO/c1-10-6-4-8-13(18)16(10)19-11(2)15-12(17)7-5-9-14(15)20-3/h4-9,11,19H,1-3H3. The van der Waals surface area contributed by atoms with E-state index in [1.165, 1.54) is 19.2 Å². The molecule has 2 nitrogen and oxygen atoms in total. The molecule has 2 aromatic carbocycles. The minimum atomic E-state index is -0.415. The van der Waals surface area contributed by atoms with E-state index in [-0.39, 0.29) is 11.6 Å². The van der Waals surface area contributed by atoms with Crippen molar-refractivity contribution >= 4 is 5.69 Å². The molecule has 106 valence electrons. The smallest absolute Gasteiger partial charge is 0.146 e. The lowest BCUT2D eigenvalue weighted by Crippen LogP contribution is -2.12. The van der Waals surface area contributed by atoms with Crippen LogP contribution in [-0.4, -0.2) is 7.11 Å². The summed E-state index contributed by atoms with van der Waals surface area (Å²) < 4.78 is 33.0. The van der Waals surface area contributed by atoms with Crippen LogP contribution in [0.15, 0.2) is 36.4 Å². The zero-order valence-corrected chi connectivity index (χ0v) is 11.7. The van der Waals surface area contributed by atoms with Crippen molar-refractivity contribution in [3.05, 3.63) is 59.2 Å². The Morgan fingerprint density at radius 3 is 2.35 bits per heavy atom. The van der Waals surface area contributed by atoms with Crippen LogP contribution in [0.1, 0.15) is 24.1 Å². The predicted octanol–water partition coefficient (Wildman–Crippen LogP) is 4.45. The van der Waals surface area contributed by atoms with Crippen molar-refractivity contribution in [2.75, 3.05) is 12.4 Å². The number of ether oxygens (including phenoxy) is 1. The second kappa shape index (κ2) is 5.90. The number of aryl methyl sites for hydroxylation is 1. The monoisotopic (exact) mass is 277 g/mol. The zero-order chi connectivity index (χ0) is 14.7. The first-order valence-electron chi connectivity index (χ1n) is 6.38. The number of halogens is 2. The lowest BCUT2D eigenvalue weighted by Gasteiger charge is -2.20. The molecule has 0 saturated carbocycles. The molecule has 1 N–H and O–H groups in total. The first-order valence-corrected chi connectivity index (χ1v) is 6.38. The summed E-state index contributed by atoms with van der Waals surface area (Å²) in [6.45, 7) is 3.57. The molecule has 0 aromatic heterocycles. The van der Waals surface area contributed by atoms with Crippen LogP contribution in [0.25, 0.3) is 0 Å². The van der Waals surface area contributed by atoms with Crippen LogP contribution in [0, 0.1) is 18.6 Å². The van der Waals surface area contributed by atoms with E-state index in [9.17, 15) is 8.78 Å². The van der Waals surface area contributed by atoms with Gasteiger partial charge in [0.15, 0.2) is 0 Å².